The zero-order valence-electron chi connectivity index (χ0n) is 14.7. The van der Waals surface area contributed by atoms with Gasteiger partial charge in [-0.05, 0) is 66.0 Å². The fourth-order valence-electron chi connectivity index (χ4n) is 2.77. The Kier molecular flexibility index (Phi) is 5.15. The maximum atomic E-state index is 8.34. The van der Waals surface area contributed by atoms with Gasteiger partial charge in [0.25, 0.3) is 0 Å². The van der Waals surface area contributed by atoms with Gasteiger partial charge in [-0.25, -0.2) is 4.98 Å². The van der Waals surface area contributed by atoms with Gasteiger partial charge in [0.15, 0.2) is 5.58 Å². The lowest BCUT2D eigenvalue weighted by Gasteiger charge is -2.04. The summed E-state index contributed by atoms with van der Waals surface area (Å²) < 4.78 is 11.7. The quantitative estimate of drug-likeness (QED) is 0.206. The number of azide groups is 1. The molecule has 0 atom stereocenters. The molecule has 28 heavy (non-hydrogen) atoms. The van der Waals surface area contributed by atoms with E-state index in [2.05, 4.69) is 15.0 Å². The van der Waals surface area contributed by atoms with Crippen LogP contribution in [0.3, 0.4) is 0 Å². The number of oxazole rings is 1. The van der Waals surface area contributed by atoms with E-state index in [1.807, 2.05) is 54.6 Å². The van der Waals surface area contributed by atoms with E-state index in [1.54, 1.807) is 12.1 Å². The number of halogens is 1. The molecule has 3 aromatic carbocycles. The number of aromatic nitrogens is 1. The molecule has 6 nitrogen and oxygen atoms in total. The van der Waals surface area contributed by atoms with E-state index in [0.717, 1.165) is 16.6 Å². The second kappa shape index (κ2) is 8.05. The number of ether oxygens (including phenoxy) is 1. The van der Waals surface area contributed by atoms with Crippen LogP contribution in [0.5, 0.6) is 11.5 Å². The molecule has 1 aromatic heterocycles. The summed E-state index contributed by atoms with van der Waals surface area (Å²) in [6, 6.07) is 20.5. The van der Waals surface area contributed by atoms with E-state index in [0.29, 0.717) is 41.0 Å². The summed E-state index contributed by atoms with van der Waals surface area (Å²) in [5, 5.41) is 4.21. The van der Waals surface area contributed by atoms with E-state index < -0.39 is 0 Å². The Bertz CT molecular complexity index is 1150. The molecule has 0 N–H and O–H groups in total. The average molecular weight is 391 g/mol. The Morgan fingerprint density at radius 1 is 1.00 bits per heavy atom. The van der Waals surface area contributed by atoms with Crippen molar-refractivity contribution in [3.63, 3.8) is 0 Å². The molecule has 0 saturated heterocycles. The van der Waals surface area contributed by atoms with E-state index in [1.165, 1.54) is 0 Å². The van der Waals surface area contributed by atoms with Crippen molar-refractivity contribution in [2.75, 3.05) is 6.54 Å². The Labute approximate surface area is 166 Å². The number of hydrogen-bond donors (Lipinski definition) is 0. The Morgan fingerprint density at radius 2 is 1.75 bits per heavy atom. The fourth-order valence-corrected chi connectivity index (χ4v) is 2.89. The molecule has 0 bridgehead atoms. The lowest BCUT2D eigenvalue weighted by Crippen LogP contribution is -1.88. The maximum absolute atomic E-state index is 8.34. The fraction of sp³-hybridized carbons (Fsp3) is 0.0952. The average Bonchev–Trinajstić information content (AvgIpc) is 3.14. The predicted molar refractivity (Wildman–Crippen MR) is 109 cm³/mol. The van der Waals surface area contributed by atoms with Crippen LogP contribution in [0.25, 0.3) is 33.0 Å². The van der Waals surface area contributed by atoms with Crippen molar-refractivity contribution in [1.29, 1.82) is 0 Å². The summed E-state index contributed by atoms with van der Waals surface area (Å²) in [7, 11) is 0. The normalized spacial score (nSPS) is 10.6. The second-order valence-electron chi connectivity index (χ2n) is 6.11. The minimum Gasteiger partial charge on any atom is -0.457 e. The molecule has 0 aliphatic heterocycles. The molecule has 0 radical (unpaired) electrons. The Morgan fingerprint density at radius 3 is 2.50 bits per heavy atom. The minimum absolute atomic E-state index is 0.440. The van der Waals surface area contributed by atoms with Gasteiger partial charge >= 0.3 is 0 Å². The van der Waals surface area contributed by atoms with Crippen molar-refractivity contribution in [2.45, 2.75) is 6.42 Å². The van der Waals surface area contributed by atoms with Crippen LogP contribution in [-0.2, 0) is 6.42 Å². The first-order valence-corrected chi connectivity index (χ1v) is 9.03. The molecule has 4 rings (SSSR count). The van der Waals surface area contributed by atoms with Crippen LogP contribution in [-0.4, -0.2) is 11.5 Å². The summed E-state index contributed by atoms with van der Waals surface area (Å²) in [5.74, 6) is 1.89. The first-order chi connectivity index (χ1) is 13.7. The van der Waals surface area contributed by atoms with Crippen LogP contribution in [0.15, 0.2) is 76.3 Å². The highest BCUT2D eigenvalue weighted by molar-refractivity contribution is 6.30. The third-order valence-corrected chi connectivity index (χ3v) is 4.43. The molecule has 0 aliphatic carbocycles. The molecule has 0 fully saturated rings. The van der Waals surface area contributed by atoms with Crippen LogP contribution in [0.4, 0.5) is 0 Å². The van der Waals surface area contributed by atoms with Crippen LogP contribution in [0.1, 0.15) is 5.56 Å². The van der Waals surface area contributed by atoms with Gasteiger partial charge in [0.1, 0.15) is 17.0 Å². The van der Waals surface area contributed by atoms with Crippen LogP contribution in [0, 0.1) is 0 Å². The summed E-state index contributed by atoms with van der Waals surface area (Å²) in [6.45, 7) is 0.440. The largest absolute Gasteiger partial charge is 0.457 e. The topological polar surface area (TPSA) is 84.0 Å². The van der Waals surface area contributed by atoms with Crippen molar-refractivity contribution in [1.82, 2.24) is 4.98 Å². The molecule has 0 aliphatic rings. The van der Waals surface area contributed by atoms with E-state index in [-0.39, 0.29) is 0 Å². The number of fused-ring (bicyclic) bond motifs is 1. The predicted octanol–water partition coefficient (Wildman–Crippen LogP) is 6.79. The van der Waals surface area contributed by atoms with Gasteiger partial charge in [-0.2, -0.15) is 0 Å². The number of hydrogen-bond acceptors (Lipinski definition) is 4. The monoisotopic (exact) mass is 390 g/mol. The van der Waals surface area contributed by atoms with Gasteiger partial charge in [-0.3, -0.25) is 0 Å². The highest BCUT2D eigenvalue weighted by Crippen LogP contribution is 2.30. The van der Waals surface area contributed by atoms with Gasteiger partial charge in [0.2, 0.25) is 5.89 Å². The van der Waals surface area contributed by atoms with Crippen molar-refractivity contribution in [3.05, 3.63) is 87.8 Å². The van der Waals surface area contributed by atoms with Crippen molar-refractivity contribution >= 4 is 22.7 Å². The molecule has 7 heteroatoms. The minimum atomic E-state index is 0.440. The van der Waals surface area contributed by atoms with Gasteiger partial charge in [0, 0.05) is 28.1 Å². The first-order valence-electron chi connectivity index (χ1n) is 8.65. The summed E-state index contributed by atoms with van der Waals surface area (Å²) in [5.41, 5.74) is 11.7. The van der Waals surface area contributed by atoms with Crippen molar-refractivity contribution in [3.8, 4) is 23.0 Å². The SMILES string of the molecule is [N-]=[N+]=NCCc1ccc(-c2nc3ccc(Oc4ccc(Cl)cc4)cc3o2)cc1. The molecule has 0 spiro atoms. The molecule has 4 aromatic rings. The van der Waals surface area contributed by atoms with E-state index >= 15 is 0 Å². The second-order valence-corrected chi connectivity index (χ2v) is 6.54. The third kappa shape index (κ3) is 4.09. The van der Waals surface area contributed by atoms with Crippen LogP contribution >= 0.6 is 11.6 Å². The smallest absolute Gasteiger partial charge is 0.227 e. The van der Waals surface area contributed by atoms with Gasteiger partial charge < -0.3 is 9.15 Å². The lowest BCUT2D eigenvalue weighted by molar-refractivity contribution is 0.482. The van der Waals surface area contributed by atoms with Crippen molar-refractivity contribution < 1.29 is 9.15 Å². The maximum Gasteiger partial charge on any atom is 0.227 e. The third-order valence-electron chi connectivity index (χ3n) is 4.17. The number of benzene rings is 3. The Hall–Kier alpha value is -3.47. The molecule has 138 valence electrons. The molecule has 0 unspecified atom stereocenters. The lowest BCUT2D eigenvalue weighted by atomic mass is 10.1. The van der Waals surface area contributed by atoms with Crippen molar-refractivity contribution in [2.24, 2.45) is 5.11 Å². The molecular weight excluding hydrogens is 376 g/mol. The number of nitrogens with zero attached hydrogens (tertiary/aromatic N) is 4. The zero-order valence-corrected chi connectivity index (χ0v) is 15.5. The summed E-state index contributed by atoms with van der Waals surface area (Å²) in [6.07, 6.45) is 0.698. The van der Waals surface area contributed by atoms with Crippen LogP contribution in [0.2, 0.25) is 5.02 Å². The first kappa shape index (κ1) is 17.9. The summed E-state index contributed by atoms with van der Waals surface area (Å²) >= 11 is 5.90. The van der Waals surface area contributed by atoms with Crippen LogP contribution < -0.4 is 4.74 Å². The van der Waals surface area contributed by atoms with E-state index in [4.69, 9.17) is 26.3 Å². The summed E-state index contributed by atoms with van der Waals surface area (Å²) in [4.78, 5) is 7.30. The highest BCUT2D eigenvalue weighted by atomic mass is 35.5. The molecule has 1 heterocycles. The highest BCUT2D eigenvalue weighted by Gasteiger charge is 2.10. The molecule has 0 amide bonds. The molecule has 0 saturated carbocycles. The number of rotatable bonds is 6. The van der Waals surface area contributed by atoms with Gasteiger partial charge in [0.05, 0.1) is 0 Å². The van der Waals surface area contributed by atoms with E-state index in [9.17, 15) is 0 Å². The molecular formula is C21H15ClN4O2. The Balaban J connectivity index is 1.54. The van der Waals surface area contributed by atoms with Gasteiger partial charge in [-0.1, -0.05) is 28.8 Å². The standard InChI is InChI=1S/C21H15ClN4O2/c22-16-5-7-17(8-6-16)27-18-9-10-19-20(13-18)28-21(25-19)15-3-1-14(2-4-15)11-12-24-26-23/h1-10,13H,11-12H2. The van der Waals surface area contributed by atoms with Gasteiger partial charge in [-0.15, -0.1) is 0 Å². The zero-order chi connectivity index (χ0) is 19.3.